The summed E-state index contributed by atoms with van der Waals surface area (Å²) in [6, 6.07) is 18.4. The van der Waals surface area contributed by atoms with E-state index in [0.29, 0.717) is 0 Å². The summed E-state index contributed by atoms with van der Waals surface area (Å²) in [5.41, 5.74) is 4.43. The van der Waals surface area contributed by atoms with Crippen molar-refractivity contribution in [3.8, 4) is 11.8 Å². The molecule has 1 aliphatic heterocycles. The zero-order valence-electron chi connectivity index (χ0n) is 13.4. The van der Waals surface area contributed by atoms with Gasteiger partial charge in [0.25, 0.3) is 0 Å². The van der Waals surface area contributed by atoms with Gasteiger partial charge >= 0.3 is 0 Å². The van der Waals surface area contributed by atoms with Crippen LogP contribution in [0.25, 0.3) is 5.70 Å². The number of benzene rings is 2. The van der Waals surface area contributed by atoms with Crippen LogP contribution in [-0.2, 0) is 0 Å². The molecule has 2 heteroatoms. The molecule has 1 heterocycles. The second-order valence-electron chi connectivity index (χ2n) is 5.75. The minimum absolute atomic E-state index is 0.189. The van der Waals surface area contributed by atoms with Gasteiger partial charge in [0.05, 0.1) is 6.10 Å². The van der Waals surface area contributed by atoms with E-state index in [0.717, 1.165) is 30.6 Å². The summed E-state index contributed by atoms with van der Waals surface area (Å²) >= 11 is 0. The second-order valence-corrected chi connectivity index (χ2v) is 5.75. The Morgan fingerprint density at radius 3 is 2.22 bits per heavy atom. The molecule has 3 rings (SSSR count). The van der Waals surface area contributed by atoms with Crippen LogP contribution in [0, 0.1) is 11.8 Å². The maximum Gasteiger partial charge on any atom is 0.0889 e. The second kappa shape index (κ2) is 7.17. The van der Waals surface area contributed by atoms with Crippen LogP contribution in [0.4, 0.5) is 0 Å². The summed E-state index contributed by atoms with van der Waals surface area (Å²) in [6.07, 6.45) is 3.01. The molecule has 1 aliphatic rings. The predicted octanol–water partition coefficient (Wildman–Crippen LogP) is 3.51. The Hall–Kier alpha value is -2.50. The van der Waals surface area contributed by atoms with Crippen LogP contribution in [0.2, 0.25) is 0 Å². The van der Waals surface area contributed by atoms with E-state index in [1.54, 1.807) is 0 Å². The van der Waals surface area contributed by atoms with Gasteiger partial charge < -0.3 is 10.0 Å². The van der Waals surface area contributed by atoms with Crippen molar-refractivity contribution < 1.29 is 5.11 Å². The number of allylic oxidation sites excluding steroid dienone is 1. The molecule has 0 aromatic heterocycles. The summed E-state index contributed by atoms with van der Waals surface area (Å²) in [4.78, 5) is 2.22. The van der Waals surface area contributed by atoms with Gasteiger partial charge in [0.1, 0.15) is 0 Å². The number of nitrogens with zero attached hydrogens (tertiary/aromatic N) is 1. The van der Waals surface area contributed by atoms with Crippen LogP contribution in [-0.4, -0.2) is 29.2 Å². The number of likely N-dealkylation sites (tertiary alicyclic amines) is 1. The Labute approximate surface area is 138 Å². The smallest absolute Gasteiger partial charge is 0.0889 e. The minimum Gasteiger partial charge on any atom is -0.389 e. The Balaban J connectivity index is 1.76. The largest absolute Gasteiger partial charge is 0.389 e. The number of hydrogen-bond donors (Lipinski definition) is 1. The highest BCUT2D eigenvalue weighted by atomic mass is 16.3. The fraction of sp³-hybridized carbons (Fsp3) is 0.238. The zero-order chi connectivity index (χ0) is 16.1. The minimum atomic E-state index is -0.189. The number of β-amino-alcohol motifs (C(OH)–C–C–N with tert-alkyl or cyclic N) is 1. The molecule has 2 nitrogen and oxygen atoms in total. The van der Waals surface area contributed by atoms with Gasteiger partial charge in [-0.25, -0.2) is 0 Å². The molecular formula is C21H21NO. The molecule has 0 radical (unpaired) electrons. The van der Waals surface area contributed by atoms with Gasteiger partial charge in [-0.1, -0.05) is 55.2 Å². The van der Waals surface area contributed by atoms with Crippen molar-refractivity contribution >= 4 is 5.70 Å². The number of hydrogen-bond acceptors (Lipinski definition) is 2. The lowest BCUT2D eigenvalue weighted by Crippen LogP contribution is -2.49. The summed E-state index contributed by atoms with van der Waals surface area (Å²) in [6.45, 7) is 3.58. The Morgan fingerprint density at radius 2 is 1.65 bits per heavy atom. The van der Waals surface area contributed by atoms with Crippen LogP contribution in [0.15, 0.2) is 60.7 Å². The van der Waals surface area contributed by atoms with Crippen molar-refractivity contribution in [1.82, 2.24) is 4.90 Å². The average molecular weight is 303 g/mol. The Morgan fingerprint density at radius 1 is 1.04 bits per heavy atom. The molecular weight excluding hydrogens is 282 g/mol. The molecule has 2 aromatic carbocycles. The van der Waals surface area contributed by atoms with Gasteiger partial charge in [-0.3, -0.25) is 0 Å². The highest BCUT2D eigenvalue weighted by molar-refractivity contribution is 5.65. The molecule has 1 saturated heterocycles. The highest BCUT2D eigenvalue weighted by Gasteiger charge is 2.26. The van der Waals surface area contributed by atoms with Gasteiger partial charge in [-0.15, -0.1) is 0 Å². The molecule has 0 unspecified atom stereocenters. The number of rotatable bonds is 3. The quantitative estimate of drug-likeness (QED) is 0.877. The molecule has 0 amide bonds. The van der Waals surface area contributed by atoms with Gasteiger partial charge in [0, 0.05) is 29.9 Å². The van der Waals surface area contributed by atoms with E-state index < -0.39 is 0 Å². The fourth-order valence-electron chi connectivity index (χ4n) is 2.67. The van der Waals surface area contributed by atoms with E-state index in [-0.39, 0.29) is 6.10 Å². The molecule has 0 atom stereocenters. The van der Waals surface area contributed by atoms with Crippen molar-refractivity contribution in [3.63, 3.8) is 0 Å². The van der Waals surface area contributed by atoms with Crippen LogP contribution in [0.1, 0.15) is 30.0 Å². The molecule has 0 spiro atoms. The van der Waals surface area contributed by atoms with E-state index in [1.807, 2.05) is 30.3 Å². The summed E-state index contributed by atoms with van der Waals surface area (Å²) in [5, 5.41) is 9.52. The number of aliphatic hydroxyl groups is 1. The lowest BCUT2D eigenvalue weighted by molar-refractivity contribution is 0.0401. The van der Waals surface area contributed by atoms with Crippen LogP contribution >= 0.6 is 0 Å². The highest BCUT2D eigenvalue weighted by Crippen LogP contribution is 2.25. The molecule has 1 fully saturated rings. The normalized spacial score (nSPS) is 14.9. The lowest BCUT2D eigenvalue weighted by Gasteiger charge is -2.39. The van der Waals surface area contributed by atoms with E-state index in [1.165, 1.54) is 11.3 Å². The third-order valence-electron chi connectivity index (χ3n) is 3.91. The van der Waals surface area contributed by atoms with Crippen molar-refractivity contribution in [1.29, 1.82) is 0 Å². The van der Waals surface area contributed by atoms with Gasteiger partial charge in [0.15, 0.2) is 0 Å². The predicted molar refractivity (Wildman–Crippen MR) is 94.7 cm³/mol. The van der Waals surface area contributed by atoms with Gasteiger partial charge in [-0.05, 0) is 36.2 Å². The van der Waals surface area contributed by atoms with E-state index in [2.05, 4.69) is 54.0 Å². The lowest BCUT2D eigenvalue weighted by atomic mass is 10.0. The molecule has 0 saturated carbocycles. The monoisotopic (exact) mass is 303 g/mol. The van der Waals surface area contributed by atoms with E-state index >= 15 is 0 Å². The van der Waals surface area contributed by atoms with E-state index in [9.17, 15) is 5.11 Å². The Kier molecular flexibility index (Phi) is 4.80. The summed E-state index contributed by atoms with van der Waals surface area (Å²) in [5.74, 6) is 6.38. The first-order valence-corrected chi connectivity index (χ1v) is 8.07. The van der Waals surface area contributed by atoms with Gasteiger partial charge in [-0.2, -0.15) is 0 Å². The molecule has 0 aliphatic carbocycles. The average Bonchev–Trinajstić information content (AvgIpc) is 2.57. The van der Waals surface area contributed by atoms with Crippen LogP contribution in [0.3, 0.4) is 0 Å². The topological polar surface area (TPSA) is 23.5 Å². The van der Waals surface area contributed by atoms with Crippen LogP contribution < -0.4 is 0 Å². The fourth-order valence-corrected chi connectivity index (χ4v) is 2.67. The number of aliphatic hydroxyl groups excluding tert-OH is 1. The SMILES string of the molecule is CC/C=C(\c1ccc(C#Cc2ccccc2)cc1)N1CC(O)C1. The summed E-state index contributed by atoms with van der Waals surface area (Å²) < 4.78 is 0. The maximum atomic E-state index is 9.52. The first kappa shape index (κ1) is 15.4. The summed E-state index contributed by atoms with van der Waals surface area (Å²) in [7, 11) is 0. The van der Waals surface area contributed by atoms with Crippen molar-refractivity contribution in [3.05, 3.63) is 77.4 Å². The molecule has 2 aromatic rings. The van der Waals surface area contributed by atoms with Crippen molar-refractivity contribution in [2.75, 3.05) is 13.1 Å². The van der Waals surface area contributed by atoms with Crippen LogP contribution in [0.5, 0.6) is 0 Å². The molecule has 116 valence electrons. The first-order valence-electron chi connectivity index (χ1n) is 8.07. The van der Waals surface area contributed by atoms with Gasteiger partial charge in [0.2, 0.25) is 0 Å². The third kappa shape index (κ3) is 3.83. The van der Waals surface area contributed by atoms with Crippen molar-refractivity contribution in [2.24, 2.45) is 0 Å². The molecule has 0 bridgehead atoms. The maximum absolute atomic E-state index is 9.52. The molecule has 1 N–H and O–H groups in total. The Bertz CT molecular complexity index is 729. The molecule has 23 heavy (non-hydrogen) atoms. The zero-order valence-corrected chi connectivity index (χ0v) is 13.4. The standard InChI is InChI=1S/C21H21NO/c1-2-6-21(22-15-20(23)16-22)19-13-11-18(12-14-19)10-9-17-7-4-3-5-8-17/h3-8,11-14,20,23H,2,15-16H2,1H3/b21-6+. The van der Waals surface area contributed by atoms with Crippen molar-refractivity contribution in [2.45, 2.75) is 19.4 Å². The first-order chi connectivity index (χ1) is 11.3. The van der Waals surface area contributed by atoms with E-state index in [4.69, 9.17) is 0 Å². The third-order valence-corrected chi connectivity index (χ3v) is 3.91.